The highest BCUT2D eigenvalue weighted by molar-refractivity contribution is 6.62. The average molecular weight is 307 g/mol. The number of halogens is 1. The summed E-state index contributed by atoms with van der Waals surface area (Å²) in [6.45, 7) is 11.4. The summed E-state index contributed by atoms with van der Waals surface area (Å²) in [5.74, 6) is -0.528. The number of carbonyl (C=O) groups excluding carboxylic acids is 1. The zero-order valence-corrected chi connectivity index (χ0v) is 14.0. The molecule has 0 saturated carbocycles. The number of rotatable bonds is 3. The van der Waals surface area contributed by atoms with E-state index >= 15 is 0 Å². The average Bonchev–Trinajstić information content (AvgIpc) is 2.58. The second-order valence-electron chi connectivity index (χ2n) is 6.80. The number of benzene rings is 1. The first kappa shape index (κ1) is 17.0. The fourth-order valence-electron chi connectivity index (χ4n) is 2.31. The minimum Gasteiger partial charge on any atom is -0.399 e. The largest absolute Gasteiger partial charge is 0.497 e. The molecule has 1 aromatic carbocycles. The molecule has 1 heterocycles. The first-order valence-corrected chi connectivity index (χ1v) is 7.42. The second kappa shape index (κ2) is 5.67. The van der Waals surface area contributed by atoms with Crippen LogP contribution < -0.4 is 10.8 Å². The minimum atomic E-state index is -0.724. The van der Waals surface area contributed by atoms with Gasteiger partial charge in [-0.2, -0.15) is 0 Å². The molecule has 1 aliphatic heterocycles. The Balaban J connectivity index is 2.27. The zero-order chi connectivity index (χ0) is 16.7. The van der Waals surface area contributed by atoms with E-state index in [-0.39, 0.29) is 11.7 Å². The van der Waals surface area contributed by atoms with Gasteiger partial charge < -0.3 is 14.6 Å². The third-order valence-corrected chi connectivity index (χ3v) is 4.49. The number of carbonyl (C=O) groups is 1. The van der Waals surface area contributed by atoms with Gasteiger partial charge in [0.15, 0.2) is 0 Å². The van der Waals surface area contributed by atoms with Gasteiger partial charge in [0.2, 0.25) is 5.91 Å². The fraction of sp³-hybridized carbons (Fsp3) is 0.562. The Labute approximate surface area is 131 Å². The highest BCUT2D eigenvalue weighted by Crippen LogP contribution is 2.36. The minimum absolute atomic E-state index is 0.144. The fourth-order valence-corrected chi connectivity index (χ4v) is 2.31. The maximum atomic E-state index is 14.4. The topological polar surface area (TPSA) is 47.6 Å². The lowest BCUT2D eigenvalue weighted by molar-refractivity contribution is -0.119. The molecule has 4 nitrogen and oxygen atoms in total. The lowest BCUT2D eigenvalue weighted by atomic mass is 9.77. The maximum absolute atomic E-state index is 14.4. The van der Waals surface area contributed by atoms with Gasteiger partial charge in [-0.15, -0.1) is 0 Å². The molecule has 6 heteroatoms. The lowest BCUT2D eigenvalue weighted by Crippen LogP contribution is -2.41. The molecular weight excluding hydrogens is 284 g/mol. The van der Waals surface area contributed by atoms with E-state index in [2.05, 4.69) is 5.32 Å². The summed E-state index contributed by atoms with van der Waals surface area (Å²) in [5, 5.41) is 2.68. The van der Waals surface area contributed by atoms with Crippen molar-refractivity contribution in [2.75, 3.05) is 0 Å². The Hall–Kier alpha value is -1.40. The molecule has 1 amide bonds. The van der Waals surface area contributed by atoms with Crippen molar-refractivity contribution in [2.45, 2.75) is 59.3 Å². The Kier molecular flexibility index (Phi) is 4.37. The van der Waals surface area contributed by atoms with Crippen molar-refractivity contribution in [3.8, 4) is 0 Å². The van der Waals surface area contributed by atoms with Gasteiger partial charge in [-0.05, 0) is 51.8 Å². The van der Waals surface area contributed by atoms with Crippen LogP contribution in [0.5, 0.6) is 0 Å². The standard InChI is InChI=1S/C16H23BFNO3/c1-10-7-13(14(18)8-12(10)9-19-11(2)20)17-21-15(3,4)16(5,6)22-17/h7-8H,9H2,1-6H3,(H,19,20). The predicted octanol–water partition coefficient (Wildman–Crippen LogP) is 2.07. The van der Waals surface area contributed by atoms with Crippen LogP contribution in [-0.4, -0.2) is 24.2 Å². The van der Waals surface area contributed by atoms with Crippen molar-refractivity contribution in [3.63, 3.8) is 0 Å². The van der Waals surface area contributed by atoms with Crippen molar-refractivity contribution in [3.05, 3.63) is 29.1 Å². The summed E-state index contributed by atoms with van der Waals surface area (Å²) in [7, 11) is -0.724. The van der Waals surface area contributed by atoms with Crippen LogP contribution in [0.15, 0.2) is 12.1 Å². The summed E-state index contributed by atoms with van der Waals surface area (Å²) in [6.07, 6.45) is 0. The Morgan fingerprint density at radius 2 is 1.77 bits per heavy atom. The number of aryl methyl sites for hydroxylation is 1. The van der Waals surface area contributed by atoms with Gasteiger partial charge in [0, 0.05) is 18.9 Å². The number of hydrogen-bond acceptors (Lipinski definition) is 3. The molecule has 120 valence electrons. The molecule has 1 N–H and O–H groups in total. The SMILES string of the molecule is CC(=O)NCc1cc(F)c(B2OC(C)(C)C(C)(C)O2)cc1C. The normalized spacial score (nSPS) is 19.3. The molecule has 1 fully saturated rings. The van der Waals surface area contributed by atoms with E-state index in [1.165, 1.54) is 13.0 Å². The van der Waals surface area contributed by atoms with Crippen LogP contribution in [0.4, 0.5) is 4.39 Å². The summed E-state index contributed by atoms with van der Waals surface area (Å²) < 4.78 is 26.2. The van der Waals surface area contributed by atoms with Gasteiger partial charge in [0.05, 0.1) is 11.2 Å². The highest BCUT2D eigenvalue weighted by Gasteiger charge is 2.52. The Morgan fingerprint density at radius 1 is 1.23 bits per heavy atom. The van der Waals surface area contributed by atoms with Gasteiger partial charge in [-0.3, -0.25) is 4.79 Å². The zero-order valence-electron chi connectivity index (χ0n) is 14.0. The van der Waals surface area contributed by atoms with Crippen molar-refractivity contribution in [1.82, 2.24) is 5.32 Å². The van der Waals surface area contributed by atoms with Gasteiger partial charge in [0.1, 0.15) is 5.82 Å². The molecule has 0 radical (unpaired) electrons. The molecule has 0 unspecified atom stereocenters. The second-order valence-corrected chi connectivity index (χ2v) is 6.80. The molecule has 2 rings (SSSR count). The molecule has 22 heavy (non-hydrogen) atoms. The number of hydrogen-bond donors (Lipinski definition) is 1. The quantitative estimate of drug-likeness (QED) is 0.870. The van der Waals surface area contributed by atoms with Gasteiger partial charge in [-0.1, -0.05) is 6.07 Å². The molecule has 0 aromatic heterocycles. The molecule has 1 aromatic rings. The van der Waals surface area contributed by atoms with Crippen LogP contribution in [0.3, 0.4) is 0 Å². The molecule has 0 aliphatic carbocycles. The van der Waals surface area contributed by atoms with Crippen molar-refractivity contribution in [1.29, 1.82) is 0 Å². The third-order valence-electron chi connectivity index (χ3n) is 4.49. The monoisotopic (exact) mass is 307 g/mol. The summed E-state index contributed by atoms with van der Waals surface area (Å²) >= 11 is 0. The van der Waals surface area contributed by atoms with Gasteiger partial charge in [0.25, 0.3) is 0 Å². The van der Waals surface area contributed by atoms with E-state index in [1.807, 2.05) is 34.6 Å². The predicted molar refractivity (Wildman–Crippen MR) is 84.4 cm³/mol. The molecule has 0 atom stereocenters. The van der Waals surface area contributed by atoms with Gasteiger partial charge >= 0.3 is 7.12 Å². The van der Waals surface area contributed by atoms with E-state index in [9.17, 15) is 9.18 Å². The van der Waals surface area contributed by atoms with Crippen LogP contribution in [0.25, 0.3) is 0 Å². The number of nitrogens with one attached hydrogen (secondary N) is 1. The van der Waals surface area contributed by atoms with E-state index < -0.39 is 18.3 Å². The third kappa shape index (κ3) is 3.18. The van der Waals surface area contributed by atoms with Crippen molar-refractivity contribution < 1.29 is 18.5 Å². The maximum Gasteiger partial charge on any atom is 0.497 e. The Bertz CT molecular complexity index is 585. The van der Waals surface area contributed by atoms with Crippen LogP contribution in [0, 0.1) is 12.7 Å². The molecule has 1 saturated heterocycles. The van der Waals surface area contributed by atoms with Crippen LogP contribution in [0.2, 0.25) is 0 Å². The highest BCUT2D eigenvalue weighted by atomic mass is 19.1. The first-order valence-electron chi connectivity index (χ1n) is 7.42. The molecule has 1 aliphatic rings. The van der Waals surface area contributed by atoms with E-state index in [1.54, 1.807) is 6.07 Å². The van der Waals surface area contributed by atoms with Gasteiger partial charge in [-0.25, -0.2) is 4.39 Å². The van der Waals surface area contributed by atoms with E-state index in [0.717, 1.165) is 11.1 Å². The van der Waals surface area contributed by atoms with Crippen LogP contribution >= 0.6 is 0 Å². The Morgan fingerprint density at radius 3 is 2.27 bits per heavy atom. The molecular formula is C16H23BFNO3. The lowest BCUT2D eigenvalue weighted by Gasteiger charge is -2.32. The molecule has 0 spiro atoms. The summed E-state index contributed by atoms with van der Waals surface area (Å²) in [6, 6.07) is 3.17. The van der Waals surface area contributed by atoms with Crippen LogP contribution in [-0.2, 0) is 20.6 Å². The van der Waals surface area contributed by atoms with E-state index in [0.29, 0.717) is 12.0 Å². The summed E-state index contributed by atoms with van der Waals surface area (Å²) in [4.78, 5) is 11.0. The summed E-state index contributed by atoms with van der Waals surface area (Å²) in [5.41, 5.74) is 1.01. The number of amides is 1. The first-order chi connectivity index (χ1) is 10.0. The van der Waals surface area contributed by atoms with E-state index in [4.69, 9.17) is 9.31 Å². The van der Waals surface area contributed by atoms with Crippen LogP contribution in [0.1, 0.15) is 45.7 Å². The van der Waals surface area contributed by atoms with Crippen molar-refractivity contribution in [2.24, 2.45) is 0 Å². The van der Waals surface area contributed by atoms with Crippen molar-refractivity contribution >= 4 is 18.5 Å². The molecule has 0 bridgehead atoms. The smallest absolute Gasteiger partial charge is 0.399 e.